The van der Waals surface area contributed by atoms with Gasteiger partial charge < -0.3 is 19.2 Å². The third-order valence-electron chi connectivity index (χ3n) is 3.84. The molecule has 2 aromatic rings. The molecule has 1 N–H and O–H groups in total. The van der Waals surface area contributed by atoms with Crippen LogP contribution in [0.4, 0.5) is 0 Å². The second kappa shape index (κ2) is 6.55. The number of aromatic carboxylic acids is 1. The molecule has 0 bridgehead atoms. The Morgan fingerprint density at radius 3 is 2.91 bits per heavy atom. The lowest BCUT2D eigenvalue weighted by atomic mass is 10.1. The standard InChI is InChI=1S/C16H17NO5S/c1-2-12-11(16(19)20)7-13(22-12)15(18)17-4-5-21-14(8-17)10-3-6-23-9-10/h3,6-7,9,14H,2,4-5,8H2,1H3,(H,19,20). The first-order valence-corrected chi connectivity index (χ1v) is 8.33. The van der Waals surface area contributed by atoms with E-state index >= 15 is 0 Å². The van der Waals surface area contributed by atoms with Crippen LogP contribution >= 0.6 is 11.3 Å². The van der Waals surface area contributed by atoms with Crippen molar-refractivity contribution in [1.82, 2.24) is 4.90 Å². The first-order valence-electron chi connectivity index (χ1n) is 7.39. The summed E-state index contributed by atoms with van der Waals surface area (Å²) >= 11 is 1.58. The SMILES string of the molecule is CCc1oc(C(=O)N2CCOC(c3ccsc3)C2)cc1C(=O)O. The zero-order chi connectivity index (χ0) is 16.4. The van der Waals surface area contributed by atoms with Crippen molar-refractivity contribution in [3.8, 4) is 0 Å². The molecule has 0 aromatic carbocycles. The highest BCUT2D eigenvalue weighted by molar-refractivity contribution is 7.07. The Kier molecular flexibility index (Phi) is 4.49. The van der Waals surface area contributed by atoms with Gasteiger partial charge >= 0.3 is 5.97 Å². The van der Waals surface area contributed by atoms with Gasteiger partial charge in [-0.05, 0) is 22.4 Å². The second-order valence-corrected chi connectivity index (χ2v) is 6.05. The topological polar surface area (TPSA) is 80.0 Å². The molecule has 3 rings (SSSR count). The van der Waals surface area contributed by atoms with Gasteiger partial charge in [0.15, 0.2) is 5.76 Å². The normalized spacial score (nSPS) is 18.1. The Hall–Kier alpha value is -2.12. The molecule has 1 atom stereocenters. The smallest absolute Gasteiger partial charge is 0.339 e. The number of ether oxygens (including phenoxy) is 1. The molecule has 0 aliphatic carbocycles. The molecule has 2 aromatic heterocycles. The summed E-state index contributed by atoms with van der Waals surface area (Å²) in [6.07, 6.45) is 0.272. The maximum absolute atomic E-state index is 12.6. The van der Waals surface area contributed by atoms with Crippen molar-refractivity contribution in [2.24, 2.45) is 0 Å². The van der Waals surface area contributed by atoms with Gasteiger partial charge in [-0.25, -0.2) is 4.79 Å². The number of thiophene rings is 1. The minimum Gasteiger partial charge on any atom is -0.478 e. The lowest BCUT2D eigenvalue weighted by Crippen LogP contribution is -2.42. The summed E-state index contributed by atoms with van der Waals surface area (Å²) in [6.45, 7) is 3.13. The van der Waals surface area contributed by atoms with E-state index in [4.69, 9.17) is 14.3 Å². The second-order valence-electron chi connectivity index (χ2n) is 5.27. The number of carboxylic acids is 1. The average molecular weight is 335 g/mol. The number of hydrogen-bond acceptors (Lipinski definition) is 5. The van der Waals surface area contributed by atoms with Crippen molar-refractivity contribution in [3.05, 3.63) is 45.5 Å². The summed E-state index contributed by atoms with van der Waals surface area (Å²) in [5.41, 5.74) is 1.10. The van der Waals surface area contributed by atoms with E-state index in [-0.39, 0.29) is 23.3 Å². The van der Waals surface area contributed by atoms with E-state index in [2.05, 4.69) is 0 Å². The molecular formula is C16H17NO5S. The van der Waals surface area contributed by atoms with Crippen molar-refractivity contribution >= 4 is 23.2 Å². The number of amides is 1. The van der Waals surface area contributed by atoms with Crippen molar-refractivity contribution in [2.45, 2.75) is 19.4 Å². The van der Waals surface area contributed by atoms with Crippen molar-refractivity contribution < 1.29 is 23.8 Å². The first-order chi connectivity index (χ1) is 11.1. The molecule has 23 heavy (non-hydrogen) atoms. The zero-order valence-electron chi connectivity index (χ0n) is 12.7. The quantitative estimate of drug-likeness (QED) is 0.929. The predicted octanol–water partition coefficient (Wildman–Crippen LogP) is 2.82. The number of aryl methyl sites for hydroxylation is 1. The number of morpholine rings is 1. The van der Waals surface area contributed by atoms with Gasteiger partial charge in [-0.2, -0.15) is 11.3 Å². The number of carbonyl (C=O) groups excluding carboxylic acids is 1. The number of furan rings is 1. The average Bonchev–Trinajstić information content (AvgIpc) is 3.23. The van der Waals surface area contributed by atoms with Crippen LogP contribution in [0.3, 0.4) is 0 Å². The van der Waals surface area contributed by atoms with Crippen LogP contribution in [0.2, 0.25) is 0 Å². The van der Waals surface area contributed by atoms with Crippen molar-refractivity contribution in [2.75, 3.05) is 19.7 Å². The van der Waals surface area contributed by atoms with Crippen LogP contribution in [0.5, 0.6) is 0 Å². The third-order valence-corrected chi connectivity index (χ3v) is 4.54. The van der Waals surface area contributed by atoms with E-state index in [1.54, 1.807) is 23.2 Å². The van der Waals surface area contributed by atoms with E-state index in [0.29, 0.717) is 31.9 Å². The largest absolute Gasteiger partial charge is 0.478 e. The molecule has 1 unspecified atom stereocenters. The maximum Gasteiger partial charge on any atom is 0.339 e. The van der Waals surface area contributed by atoms with Gasteiger partial charge in [-0.3, -0.25) is 4.79 Å². The third kappa shape index (κ3) is 3.16. The Balaban J connectivity index is 1.78. The van der Waals surface area contributed by atoms with Gasteiger partial charge in [0, 0.05) is 19.0 Å². The fourth-order valence-electron chi connectivity index (χ4n) is 2.63. The Morgan fingerprint density at radius 2 is 2.30 bits per heavy atom. The molecular weight excluding hydrogens is 318 g/mol. The molecule has 0 radical (unpaired) electrons. The van der Waals surface area contributed by atoms with Gasteiger partial charge in [0.2, 0.25) is 0 Å². The lowest BCUT2D eigenvalue weighted by Gasteiger charge is -2.32. The van der Waals surface area contributed by atoms with E-state index in [1.165, 1.54) is 6.07 Å². The van der Waals surface area contributed by atoms with Crippen molar-refractivity contribution in [1.29, 1.82) is 0 Å². The van der Waals surface area contributed by atoms with Crippen LogP contribution in [0.1, 0.15) is 45.3 Å². The summed E-state index contributed by atoms with van der Waals surface area (Å²) in [4.78, 5) is 25.5. The molecule has 1 aliphatic rings. The maximum atomic E-state index is 12.6. The minimum atomic E-state index is -1.08. The summed E-state index contributed by atoms with van der Waals surface area (Å²) < 4.78 is 11.2. The number of carboxylic acid groups (broad SMARTS) is 1. The molecule has 1 fully saturated rings. The molecule has 1 amide bonds. The summed E-state index contributed by atoms with van der Waals surface area (Å²) in [6, 6.07) is 3.30. The van der Waals surface area contributed by atoms with Crippen LogP contribution in [0, 0.1) is 0 Å². The highest BCUT2D eigenvalue weighted by atomic mass is 32.1. The van der Waals surface area contributed by atoms with Crippen LogP contribution in [0.15, 0.2) is 27.3 Å². The fraction of sp³-hybridized carbons (Fsp3) is 0.375. The van der Waals surface area contributed by atoms with Gasteiger partial charge in [0.25, 0.3) is 5.91 Å². The number of nitrogens with zero attached hydrogens (tertiary/aromatic N) is 1. The number of carbonyl (C=O) groups is 2. The first kappa shape index (κ1) is 15.8. The minimum absolute atomic E-state index is 0.0542. The Labute approximate surface area is 137 Å². The summed E-state index contributed by atoms with van der Waals surface area (Å²) in [7, 11) is 0. The molecule has 3 heterocycles. The fourth-order valence-corrected chi connectivity index (χ4v) is 3.33. The van der Waals surface area contributed by atoms with Gasteiger partial charge in [0.1, 0.15) is 17.4 Å². The molecule has 122 valence electrons. The molecule has 1 aliphatic heterocycles. The van der Waals surface area contributed by atoms with Crippen LogP contribution in [0.25, 0.3) is 0 Å². The Bertz CT molecular complexity index is 706. The van der Waals surface area contributed by atoms with Gasteiger partial charge in [-0.15, -0.1) is 0 Å². The van der Waals surface area contributed by atoms with Gasteiger partial charge in [0.05, 0.1) is 13.2 Å². The van der Waals surface area contributed by atoms with Crippen LogP contribution in [-0.4, -0.2) is 41.6 Å². The molecule has 1 saturated heterocycles. The van der Waals surface area contributed by atoms with Crippen LogP contribution in [-0.2, 0) is 11.2 Å². The summed E-state index contributed by atoms with van der Waals surface area (Å²) in [5, 5.41) is 13.1. The molecule has 0 spiro atoms. The van der Waals surface area contributed by atoms with Crippen molar-refractivity contribution in [3.63, 3.8) is 0 Å². The summed E-state index contributed by atoms with van der Waals surface area (Å²) in [5.74, 6) is -0.979. The van der Waals surface area contributed by atoms with E-state index in [0.717, 1.165) is 5.56 Å². The molecule has 0 saturated carbocycles. The Morgan fingerprint density at radius 1 is 1.48 bits per heavy atom. The number of hydrogen-bond donors (Lipinski definition) is 1. The highest BCUT2D eigenvalue weighted by Crippen LogP contribution is 2.26. The van der Waals surface area contributed by atoms with E-state index < -0.39 is 5.97 Å². The highest BCUT2D eigenvalue weighted by Gasteiger charge is 2.29. The van der Waals surface area contributed by atoms with E-state index in [9.17, 15) is 9.59 Å². The molecule has 7 heteroatoms. The monoisotopic (exact) mass is 335 g/mol. The lowest BCUT2D eigenvalue weighted by molar-refractivity contribution is -0.0236. The van der Waals surface area contributed by atoms with Gasteiger partial charge in [-0.1, -0.05) is 6.92 Å². The zero-order valence-corrected chi connectivity index (χ0v) is 13.5. The predicted molar refractivity (Wildman–Crippen MR) is 84.0 cm³/mol. The van der Waals surface area contributed by atoms with Crippen LogP contribution < -0.4 is 0 Å². The molecule has 6 nitrogen and oxygen atoms in total. The number of rotatable bonds is 4. The van der Waals surface area contributed by atoms with E-state index in [1.807, 2.05) is 16.8 Å².